The number of rotatable bonds is 6. The number of benzene rings is 1. The van der Waals surface area contributed by atoms with Crippen LogP contribution in [0.2, 0.25) is 5.02 Å². The Morgan fingerprint density at radius 1 is 1.03 bits per heavy atom. The molecule has 1 aromatic carbocycles. The third-order valence-corrected chi connectivity index (χ3v) is 4.36. The smallest absolute Gasteiger partial charge is 0.413 e. The van der Waals surface area contributed by atoms with Gasteiger partial charge in [0.25, 0.3) is 5.91 Å². The highest BCUT2D eigenvalue weighted by atomic mass is 35.5. The summed E-state index contributed by atoms with van der Waals surface area (Å²) in [6.07, 6.45) is 2.46. The molecule has 0 atom stereocenters. The molecule has 3 aromatic rings. The van der Waals surface area contributed by atoms with Gasteiger partial charge in [-0.15, -0.1) is 0 Å². The molecule has 0 aliphatic carbocycles. The first-order valence-corrected chi connectivity index (χ1v) is 10.4. The first kappa shape index (κ1) is 23.8. The van der Waals surface area contributed by atoms with E-state index < -0.39 is 11.7 Å². The van der Waals surface area contributed by atoms with Gasteiger partial charge in [-0.2, -0.15) is 0 Å². The molecule has 0 saturated carbocycles. The van der Waals surface area contributed by atoms with Gasteiger partial charge in [0.1, 0.15) is 28.7 Å². The topological polar surface area (TPSA) is 114 Å². The van der Waals surface area contributed by atoms with Gasteiger partial charge in [-0.25, -0.2) is 14.8 Å². The minimum atomic E-state index is -0.627. The molecule has 0 bridgehead atoms. The van der Waals surface area contributed by atoms with E-state index in [4.69, 9.17) is 21.1 Å². The van der Waals surface area contributed by atoms with Gasteiger partial charge in [0.15, 0.2) is 0 Å². The molecule has 0 radical (unpaired) electrons. The number of hydrogen-bond donors (Lipinski definition) is 3. The van der Waals surface area contributed by atoms with Crippen molar-refractivity contribution in [1.82, 2.24) is 15.3 Å². The zero-order chi connectivity index (χ0) is 24.0. The van der Waals surface area contributed by atoms with Crippen LogP contribution in [0.15, 0.2) is 54.9 Å². The quantitative estimate of drug-likeness (QED) is 0.444. The van der Waals surface area contributed by atoms with E-state index in [1.165, 1.54) is 6.20 Å². The summed E-state index contributed by atoms with van der Waals surface area (Å²) in [5.74, 6) is 1.22. The van der Waals surface area contributed by atoms with Crippen molar-refractivity contribution in [3.63, 3.8) is 0 Å². The van der Waals surface area contributed by atoms with Crippen molar-refractivity contribution < 1.29 is 19.1 Å². The second-order valence-corrected chi connectivity index (χ2v) is 8.26. The van der Waals surface area contributed by atoms with Crippen LogP contribution in [0.1, 0.15) is 31.1 Å². The monoisotopic (exact) mass is 469 g/mol. The highest BCUT2D eigenvalue weighted by Gasteiger charge is 2.17. The maximum Gasteiger partial charge on any atom is 0.413 e. The molecule has 0 aliphatic heterocycles. The van der Waals surface area contributed by atoms with Crippen LogP contribution in [-0.4, -0.2) is 34.6 Å². The number of pyridine rings is 2. The van der Waals surface area contributed by atoms with Gasteiger partial charge in [0.2, 0.25) is 0 Å². The number of carbonyl (C=O) groups is 2. The number of anilines is 3. The van der Waals surface area contributed by atoms with E-state index in [-0.39, 0.29) is 11.7 Å². The predicted octanol–water partition coefficient (Wildman–Crippen LogP) is 5.37. The number of ether oxygens (including phenoxy) is 2. The largest absolute Gasteiger partial charge is 0.456 e. The third kappa shape index (κ3) is 6.81. The lowest BCUT2D eigenvalue weighted by atomic mass is 10.2. The molecular weight excluding hydrogens is 446 g/mol. The molecule has 172 valence electrons. The van der Waals surface area contributed by atoms with Gasteiger partial charge >= 0.3 is 6.09 Å². The number of aromatic nitrogens is 2. The van der Waals surface area contributed by atoms with Crippen LogP contribution >= 0.6 is 11.6 Å². The summed E-state index contributed by atoms with van der Waals surface area (Å²) < 4.78 is 11.1. The van der Waals surface area contributed by atoms with E-state index in [9.17, 15) is 9.59 Å². The Hall–Kier alpha value is -3.85. The molecule has 33 heavy (non-hydrogen) atoms. The Morgan fingerprint density at radius 3 is 2.52 bits per heavy atom. The van der Waals surface area contributed by atoms with Crippen LogP contribution in [0.3, 0.4) is 0 Å². The Kier molecular flexibility index (Phi) is 7.34. The van der Waals surface area contributed by atoms with Crippen LogP contribution < -0.4 is 20.7 Å². The van der Waals surface area contributed by atoms with Crippen molar-refractivity contribution in [2.24, 2.45) is 0 Å². The van der Waals surface area contributed by atoms with E-state index in [2.05, 4.69) is 25.9 Å². The van der Waals surface area contributed by atoms with Crippen LogP contribution in [0, 0.1) is 0 Å². The normalized spacial score (nSPS) is 10.8. The lowest BCUT2D eigenvalue weighted by Gasteiger charge is -2.19. The molecule has 0 unspecified atom stereocenters. The molecule has 3 N–H and O–H groups in total. The molecular formula is C23H24ClN5O4. The molecule has 2 amide bonds. The number of carbonyl (C=O) groups excluding carboxylic acids is 2. The van der Waals surface area contributed by atoms with Gasteiger partial charge in [-0.1, -0.05) is 11.6 Å². The SMILES string of the molecule is CNC(=O)c1cccnc1Nc1ccc(Oc2ccnc(NC(=O)OC(C)(C)C)c2)c(Cl)c1. The Balaban J connectivity index is 1.72. The average Bonchev–Trinajstić information content (AvgIpc) is 2.74. The predicted molar refractivity (Wildman–Crippen MR) is 127 cm³/mol. The van der Waals surface area contributed by atoms with Crippen molar-refractivity contribution in [2.75, 3.05) is 17.7 Å². The molecule has 2 aromatic heterocycles. The number of amides is 2. The van der Waals surface area contributed by atoms with Crippen molar-refractivity contribution >= 4 is 40.9 Å². The number of nitrogens with one attached hydrogen (secondary N) is 3. The zero-order valence-electron chi connectivity index (χ0n) is 18.6. The van der Waals surface area contributed by atoms with Crippen molar-refractivity contribution in [3.05, 3.63) is 65.4 Å². The summed E-state index contributed by atoms with van der Waals surface area (Å²) in [7, 11) is 1.55. The molecule has 9 nitrogen and oxygen atoms in total. The van der Waals surface area contributed by atoms with Gasteiger partial charge < -0.3 is 20.1 Å². The van der Waals surface area contributed by atoms with E-state index in [0.717, 1.165) is 0 Å². The van der Waals surface area contributed by atoms with Crippen molar-refractivity contribution in [3.8, 4) is 11.5 Å². The lowest BCUT2D eigenvalue weighted by Crippen LogP contribution is -2.27. The number of halogens is 1. The second-order valence-electron chi connectivity index (χ2n) is 7.85. The summed E-state index contributed by atoms with van der Waals surface area (Å²) in [6, 6.07) is 11.6. The maximum absolute atomic E-state index is 12.0. The molecule has 3 rings (SSSR count). The van der Waals surface area contributed by atoms with Gasteiger partial charge in [-0.3, -0.25) is 10.1 Å². The minimum Gasteiger partial charge on any atom is -0.456 e. The Labute approximate surface area is 196 Å². The van der Waals surface area contributed by atoms with Crippen molar-refractivity contribution in [2.45, 2.75) is 26.4 Å². The average molecular weight is 470 g/mol. The minimum absolute atomic E-state index is 0.259. The van der Waals surface area contributed by atoms with Crippen LogP contribution in [-0.2, 0) is 4.74 Å². The Morgan fingerprint density at radius 2 is 1.82 bits per heavy atom. The first-order chi connectivity index (χ1) is 15.6. The first-order valence-electron chi connectivity index (χ1n) is 10.0. The van der Waals surface area contributed by atoms with Crippen LogP contribution in [0.4, 0.5) is 22.1 Å². The highest BCUT2D eigenvalue weighted by molar-refractivity contribution is 6.32. The molecule has 2 heterocycles. The van der Waals surface area contributed by atoms with Gasteiger partial charge in [-0.05, 0) is 57.2 Å². The third-order valence-electron chi connectivity index (χ3n) is 4.06. The lowest BCUT2D eigenvalue weighted by molar-refractivity contribution is 0.0635. The molecule has 0 fully saturated rings. The fraction of sp³-hybridized carbons (Fsp3) is 0.217. The fourth-order valence-electron chi connectivity index (χ4n) is 2.70. The summed E-state index contributed by atoms with van der Waals surface area (Å²) in [5, 5.41) is 8.55. The van der Waals surface area contributed by atoms with Crippen molar-refractivity contribution in [1.29, 1.82) is 0 Å². The highest BCUT2D eigenvalue weighted by Crippen LogP contribution is 2.33. The van der Waals surface area contributed by atoms with E-state index in [1.54, 1.807) is 76.5 Å². The summed E-state index contributed by atoms with van der Waals surface area (Å²) in [4.78, 5) is 32.3. The van der Waals surface area contributed by atoms with Crippen LogP contribution in [0.25, 0.3) is 0 Å². The van der Waals surface area contributed by atoms with E-state index >= 15 is 0 Å². The zero-order valence-corrected chi connectivity index (χ0v) is 19.4. The van der Waals surface area contributed by atoms with Gasteiger partial charge in [0.05, 0.1) is 10.6 Å². The molecule has 0 aliphatic rings. The number of nitrogens with zero attached hydrogens (tertiary/aromatic N) is 2. The van der Waals surface area contributed by atoms with E-state index in [1.807, 2.05) is 0 Å². The molecule has 0 spiro atoms. The van der Waals surface area contributed by atoms with Gasteiger partial charge in [0, 0.05) is 31.2 Å². The standard InChI is InChI=1S/C23H24ClN5O4/c1-23(2,3)33-22(31)29-19-13-15(9-11-26-19)32-18-8-7-14(12-17(18)24)28-20-16(21(30)25-4)6-5-10-27-20/h5-13H,1-4H3,(H,25,30)(H,27,28)(H,26,29,31). The fourth-order valence-corrected chi connectivity index (χ4v) is 2.92. The summed E-state index contributed by atoms with van der Waals surface area (Å²) >= 11 is 6.40. The van der Waals surface area contributed by atoms with Crippen LogP contribution in [0.5, 0.6) is 11.5 Å². The summed E-state index contributed by atoms with van der Waals surface area (Å²) in [6.45, 7) is 5.31. The summed E-state index contributed by atoms with van der Waals surface area (Å²) in [5.41, 5.74) is 0.397. The second kappa shape index (κ2) is 10.2. The number of hydrogen-bond acceptors (Lipinski definition) is 7. The molecule has 10 heteroatoms. The van der Waals surface area contributed by atoms with E-state index in [0.29, 0.717) is 33.6 Å². The maximum atomic E-state index is 12.0. The Bertz CT molecular complexity index is 1160. The molecule has 0 saturated heterocycles.